The van der Waals surface area contributed by atoms with Gasteiger partial charge in [0.1, 0.15) is 13.2 Å². The highest BCUT2D eigenvalue weighted by molar-refractivity contribution is 5.79. The van der Waals surface area contributed by atoms with Gasteiger partial charge in [0.05, 0.1) is 12.3 Å². The van der Waals surface area contributed by atoms with Crippen LogP contribution in [0.25, 0.3) is 0 Å². The Morgan fingerprint density at radius 3 is 2.27 bits per heavy atom. The molecule has 0 aliphatic heterocycles. The quantitative estimate of drug-likeness (QED) is 0.473. The molecule has 0 N–H and O–H groups in total. The van der Waals surface area contributed by atoms with Crippen LogP contribution < -0.4 is 0 Å². The molecule has 1 unspecified atom stereocenters. The van der Waals surface area contributed by atoms with Crippen LogP contribution in [0.5, 0.6) is 0 Å². The average Bonchev–Trinajstić information content (AvgIpc) is 2.22. The zero-order valence-electron chi connectivity index (χ0n) is 8.90. The lowest BCUT2D eigenvalue weighted by Gasteiger charge is -2.09. The Hall–Kier alpha value is -1.58. The fraction of sp³-hybridized carbons (Fsp3) is 0.455. The van der Waals surface area contributed by atoms with Crippen LogP contribution in [0.1, 0.15) is 13.3 Å². The first kappa shape index (κ1) is 13.4. The summed E-state index contributed by atoms with van der Waals surface area (Å²) in [7, 11) is 0. The summed E-state index contributed by atoms with van der Waals surface area (Å²) >= 11 is 0. The molecule has 0 aromatic carbocycles. The van der Waals surface area contributed by atoms with E-state index in [2.05, 4.69) is 13.2 Å². The normalized spacial score (nSPS) is 11.3. The van der Waals surface area contributed by atoms with Crippen molar-refractivity contribution in [2.45, 2.75) is 13.3 Å². The molecule has 0 saturated carbocycles. The number of esters is 2. The van der Waals surface area contributed by atoms with Gasteiger partial charge in [0.2, 0.25) is 0 Å². The van der Waals surface area contributed by atoms with Crippen molar-refractivity contribution in [1.82, 2.24) is 0 Å². The summed E-state index contributed by atoms with van der Waals surface area (Å²) in [4.78, 5) is 22.3. The summed E-state index contributed by atoms with van der Waals surface area (Å²) < 4.78 is 9.50. The van der Waals surface area contributed by atoms with Gasteiger partial charge in [-0.3, -0.25) is 9.59 Å². The molecule has 0 aliphatic rings. The number of hydrogen-bond acceptors (Lipinski definition) is 4. The second kappa shape index (κ2) is 7.79. The molecule has 0 amide bonds. The minimum Gasteiger partial charge on any atom is -0.461 e. The van der Waals surface area contributed by atoms with E-state index >= 15 is 0 Å². The van der Waals surface area contributed by atoms with Gasteiger partial charge < -0.3 is 9.47 Å². The van der Waals surface area contributed by atoms with Crippen LogP contribution in [0.3, 0.4) is 0 Å². The highest BCUT2D eigenvalue weighted by Crippen LogP contribution is 2.06. The maximum absolute atomic E-state index is 11.2. The highest BCUT2D eigenvalue weighted by atomic mass is 16.5. The summed E-state index contributed by atoms with van der Waals surface area (Å²) in [6, 6.07) is 0. The molecule has 4 nitrogen and oxygen atoms in total. The SMILES string of the molecule is C=CCOC(=O)CC(C)C(=O)OCC=C. The number of carbonyl (C=O) groups is 2. The predicted molar refractivity (Wildman–Crippen MR) is 56.1 cm³/mol. The van der Waals surface area contributed by atoms with Crippen LogP contribution in [0.4, 0.5) is 0 Å². The van der Waals surface area contributed by atoms with Crippen molar-refractivity contribution in [3.05, 3.63) is 25.3 Å². The minimum atomic E-state index is -0.498. The fourth-order valence-electron chi connectivity index (χ4n) is 0.827. The Morgan fingerprint density at radius 1 is 1.20 bits per heavy atom. The van der Waals surface area contributed by atoms with Crippen molar-refractivity contribution in [3.63, 3.8) is 0 Å². The molecular weight excluding hydrogens is 196 g/mol. The van der Waals surface area contributed by atoms with E-state index < -0.39 is 17.9 Å². The molecule has 84 valence electrons. The highest BCUT2D eigenvalue weighted by Gasteiger charge is 2.18. The van der Waals surface area contributed by atoms with Gasteiger partial charge in [-0.15, -0.1) is 0 Å². The van der Waals surface area contributed by atoms with Gasteiger partial charge in [-0.05, 0) is 0 Å². The van der Waals surface area contributed by atoms with E-state index in [1.165, 1.54) is 12.2 Å². The summed E-state index contributed by atoms with van der Waals surface area (Å²) in [5.74, 6) is -1.36. The van der Waals surface area contributed by atoms with Crippen molar-refractivity contribution in [2.24, 2.45) is 5.92 Å². The molecule has 0 aliphatic carbocycles. The Balaban J connectivity index is 3.84. The third kappa shape index (κ3) is 6.49. The van der Waals surface area contributed by atoms with Crippen LogP contribution in [-0.4, -0.2) is 25.2 Å². The van der Waals surface area contributed by atoms with Gasteiger partial charge in [-0.1, -0.05) is 32.2 Å². The molecular formula is C11H16O4. The largest absolute Gasteiger partial charge is 0.461 e. The van der Waals surface area contributed by atoms with E-state index in [4.69, 9.17) is 9.47 Å². The van der Waals surface area contributed by atoms with E-state index in [9.17, 15) is 9.59 Å². The van der Waals surface area contributed by atoms with Gasteiger partial charge in [-0.25, -0.2) is 0 Å². The Bertz CT molecular complexity index is 245. The lowest BCUT2D eigenvalue weighted by molar-refractivity contribution is -0.153. The maximum Gasteiger partial charge on any atom is 0.309 e. The van der Waals surface area contributed by atoms with Crippen LogP contribution in [0.15, 0.2) is 25.3 Å². The Morgan fingerprint density at radius 2 is 1.73 bits per heavy atom. The first-order valence-electron chi connectivity index (χ1n) is 4.65. The van der Waals surface area contributed by atoms with Crippen LogP contribution in [0.2, 0.25) is 0 Å². The third-order valence-electron chi connectivity index (χ3n) is 1.58. The van der Waals surface area contributed by atoms with Gasteiger partial charge >= 0.3 is 11.9 Å². The molecule has 0 fully saturated rings. The van der Waals surface area contributed by atoms with Crippen molar-refractivity contribution < 1.29 is 19.1 Å². The smallest absolute Gasteiger partial charge is 0.309 e. The molecule has 0 heterocycles. The monoisotopic (exact) mass is 212 g/mol. The molecule has 0 aromatic rings. The summed E-state index contributed by atoms with van der Waals surface area (Å²) in [5, 5.41) is 0. The Labute approximate surface area is 89.6 Å². The van der Waals surface area contributed by atoms with Crippen molar-refractivity contribution in [3.8, 4) is 0 Å². The minimum absolute atomic E-state index is 0.0177. The van der Waals surface area contributed by atoms with E-state index in [-0.39, 0.29) is 19.6 Å². The number of ether oxygens (including phenoxy) is 2. The summed E-state index contributed by atoms with van der Waals surface area (Å²) in [5.41, 5.74) is 0. The lowest BCUT2D eigenvalue weighted by atomic mass is 10.1. The molecule has 15 heavy (non-hydrogen) atoms. The molecule has 0 bridgehead atoms. The van der Waals surface area contributed by atoms with Crippen LogP contribution in [0, 0.1) is 5.92 Å². The summed E-state index contributed by atoms with van der Waals surface area (Å²) in [6.07, 6.45) is 2.96. The number of rotatable bonds is 7. The molecule has 0 spiro atoms. The maximum atomic E-state index is 11.2. The van der Waals surface area contributed by atoms with E-state index in [1.54, 1.807) is 6.92 Å². The third-order valence-corrected chi connectivity index (χ3v) is 1.58. The molecule has 1 atom stereocenters. The fourth-order valence-corrected chi connectivity index (χ4v) is 0.827. The van der Waals surface area contributed by atoms with E-state index in [1.807, 2.05) is 0 Å². The molecule has 0 aromatic heterocycles. The topological polar surface area (TPSA) is 52.6 Å². The molecule has 0 radical (unpaired) electrons. The van der Waals surface area contributed by atoms with Gasteiger partial charge in [0.25, 0.3) is 0 Å². The second-order valence-corrected chi connectivity index (χ2v) is 3.00. The van der Waals surface area contributed by atoms with Gasteiger partial charge in [-0.2, -0.15) is 0 Å². The zero-order chi connectivity index (χ0) is 11.7. The Kier molecular flexibility index (Phi) is 6.97. The first-order chi connectivity index (χ1) is 7.11. The zero-order valence-corrected chi connectivity index (χ0v) is 8.90. The second-order valence-electron chi connectivity index (χ2n) is 3.00. The van der Waals surface area contributed by atoms with Crippen molar-refractivity contribution in [2.75, 3.05) is 13.2 Å². The standard InChI is InChI=1S/C11H16O4/c1-4-6-14-10(12)8-9(3)11(13)15-7-5-2/h4-5,9H,1-2,6-8H2,3H3. The molecule has 0 saturated heterocycles. The van der Waals surface area contributed by atoms with Crippen molar-refractivity contribution in [1.29, 1.82) is 0 Å². The van der Waals surface area contributed by atoms with Gasteiger partial charge in [0.15, 0.2) is 0 Å². The number of hydrogen-bond donors (Lipinski definition) is 0. The molecule has 4 heteroatoms. The van der Waals surface area contributed by atoms with E-state index in [0.717, 1.165) is 0 Å². The average molecular weight is 212 g/mol. The van der Waals surface area contributed by atoms with Crippen LogP contribution in [-0.2, 0) is 19.1 Å². The van der Waals surface area contributed by atoms with Crippen LogP contribution >= 0.6 is 0 Å². The molecule has 0 rings (SSSR count). The predicted octanol–water partition coefficient (Wildman–Crippen LogP) is 1.47. The summed E-state index contributed by atoms with van der Waals surface area (Å²) in [6.45, 7) is 8.75. The number of carbonyl (C=O) groups excluding carboxylic acids is 2. The lowest BCUT2D eigenvalue weighted by Crippen LogP contribution is -2.19. The van der Waals surface area contributed by atoms with Gasteiger partial charge in [0, 0.05) is 0 Å². The van der Waals surface area contributed by atoms with E-state index in [0.29, 0.717) is 0 Å². The van der Waals surface area contributed by atoms with Crippen molar-refractivity contribution >= 4 is 11.9 Å². The first-order valence-corrected chi connectivity index (χ1v) is 4.65.